The van der Waals surface area contributed by atoms with Crippen molar-refractivity contribution in [2.75, 3.05) is 56.7 Å². The summed E-state index contributed by atoms with van der Waals surface area (Å²) >= 11 is 0. The van der Waals surface area contributed by atoms with Crippen LogP contribution in [0, 0.1) is 11.6 Å². The molecule has 0 spiro atoms. The van der Waals surface area contributed by atoms with Gasteiger partial charge in [-0.15, -0.1) is 0 Å². The molecule has 3 aromatic carbocycles. The van der Waals surface area contributed by atoms with Gasteiger partial charge in [0.2, 0.25) is 5.95 Å². The summed E-state index contributed by atoms with van der Waals surface area (Å²) in [7, 11) is 1.68. The molecule has 8 heteroatoms. The van der Waals surface area contributed by atoms with Gasteiger partial charge in [-0.3, -0.25) is 4.90 Å². The van der Waals surface area contributed by atoms with E-state index in [0.29, 0.717) is 19.7 Å². The molecule has 1 N–H and O–H groups in total. The molecular formula is C27H27F2N5O. The van der Waals surface area contributed by atoms with Gasteiger partial charge in [-0.25, -0.2) is 18.7 Å². The molecule has 0 atom stereocenters. The summed E-state index contributed by atoms with van der Waals surface area (Å²) in [5.74, 6) is -0.827. The van der Waals surface area contributed by atoms with E-state index in [9.17, 15) is 0 Å². The Bertz CT molecular complexity index is 1310. The fourth-order valence-electron chi connectivity index (χ4n) is 4.39. The van der Waals surface area contributed by atoms with E-state index in [2.05, 4.69) is 20.2 Å². The van der Waals surface area contributed by atoms with Crippen LogP contribution in [0.5, 0.6) is 0 Å². The molecular weight excluding hydrogens is 448 g/mol. The molecule has 0 amide bonds. The Kier molecular flexibility index (Phi) is 6.83. The number of methoxy groups -OCH3 is 1. The largest absolute Gasteiger partial charge is 0.383 e. The number of para-hydroxylation sites is 1. The molecule has 4 aromatic rings. The number of hydrogen-bond acceptors (Lipinski definition) is 6. The predicted octanol–water partition coefficient (Wildman–Crippen LogP) is 5.09. The molecule has 1 saturated heterocycles. The number of ether oxygens (including phenoxy) is 1. The Morgan fingerprint density at radius 2 is 1.74 bits per heavy atom. The van der Waals surface area contributed by atoms with Gasteiger partial charge in [0.25, 0.3) is 0 Å². The third-order valence-corrected chi connectivity index (χ3v) is 6.30. The van der Waals surface area contributed by atoms with E-state index in [1.54, 1.807) is 13.3 Å². The smallest absolute Gasteiger partial charge is 0.227 e. The molecule has 0 aliphatic carbocycles. The summed E-state index contributed by atoms with van der Waals surface area (Å²) < 4.78 is 35.2. The minimum absolute atomic E-state index is 0.00141. The van der Waals surface area contributed by atoms with Crippen LogP contribution in [0.15, 0.2) is 66.9 Å². The van der Waals surface area contributed by atoms with E-state index in [0.717, 1.165) is 41.7 Å². The summed E-state index contributed by atoms with van der Waals surface area (Å²) in [6.07, 6.45) is 1.68. The Hall–Kier alpha value is -3.62. The van der Waals surface area contributed by atoms with E-state index in [1.165, 1.54) is 12.1 Å². The van der Waals surface area contributed by atoms with Gasteiger partial charge in [-0.1, -0.05) is 48.5 Å². The fraction of sp³-hybridized carbons (Fsp3) is 0.259. The van der Waals surface area contributed by atoms with Crippen molar-refractivity contribution in [3.8, 4) is 11.1 Å². The first-order valence-electron chi connectivity index (χ1n) is 11.7. The minimum atomic E-state index is -0.553. The minimum Gasteiger partial charge on any atom is -0.383 e. The van der Waals surface area contributed by atoms with Crippen LogP contribution in [0.4, 0.5) is 26.1 Å². The highest BCUT2D eigenvalue weighted by atomic mass is 19.1. The number of piperazine rings is 1. The van der Waals surface area contributed by atoms with Crippen molar-refractivity contribution in [1.29, 1.82) is 0 Å². The summed E-state index contributed by atoms with van der Waals surface area (Å²) in [4.78, 5) is 13.1. The maximum Gasteiger partial charge on any atom is 0.227 e. The molecule has 5 rings (SSSR count). The van der Waals surface area contributed by atoms with Gasteiger partial charge in [-0.2, -0.15) is 0 Å². The van der Waals surface area contributed by atoms with Crippen LogP contribution >= 0.6 is 0 Å². The molecule has 180 valence electrons. The molecule has 1 aliphatic rings. The van der Waals surface area contributed by atoms with E-state index in [1.807, 2.05) is 53.4 Å². The van der Waals surface area contributed by atoms with Crippen molar-refractivity contribution in [3.05, 3.63) is 78.5 Å². The second-order valence-electron chi connectivity index (χ2n) is 8.53. The number of fused-ring (bicyclic) bond motifs is 1. The Morgan fingerprint density at radius 1 is 0.943 bits per heavy atom. The van der Waals surface area contributed by atoms with Crippen molar-refractivity contribution >= 4 is 28.2 Å². The zero-order chi connectivity index (χ0) is 24.2. The fourth-order valence-corrected chi connectivity index (χ4v) is 4.39. The molecule has 0 saturated carbocycles. The quantitative estimate of drug-likeness (QED) is 0.402. The second kappa shape index (κ2) is 10.3. The van der Waals surface area contributed by atoms with Crippen molar-refractivity contribution < 1.29 is 13.5 Å². The summed E-state index contributed by atoms with van der Waals surface area (Å²) in [5.41, 5.74) is 2.97. The highest BCUT2D eigenvalue weighted by Crippen LogP contribution is 2.30. The highest BCUT2D eigenvalue weighted by molar-refractivity contribution is 5.93. The number of benzene rings is 3. The first kappa shape index (κ1) is 23.1. The molecule has 0 bridgehead atoms. The van der Waals surface area contributed by atoms with Gasteiger partial charge in [-0.05, 0) is 5.56 Å². The number of halogens is 2. The third-order valence-electron chi connectivity index (χ3n) is 6.30. The van der Waals surface area contributed by atoms with Gasteiger partial charge < -0.3 is 15.0 Å². The highest BCUT2D eigenvalue weighted by Gasteiger charge is 2.21. The van der Waals surface area contributed by atoms with Crippen LogP contribution in [-0.2, 0) is 4.74 Å². The molecule has 0 radical (unpaired) electrons. The van der Waals surface area contributed by atoms with Crippen LogP contribution in [0.3, 0.4) is 0 Å². The zero-order valence-electron chi connectivity index (χ0n) is 19.5. The van der Waals surface area contributed by atoms with Crippen LogP contribution in [0.1, 0.15) is 0 Å². The second-order valence-corrected chi connectivity index (χ2v) is 8.53. The van der Waals surface area contributed by atoms with Gasteiger partial charge in [0.1, 0.15) is 11.6 Å². The number of rotatable bonds is 7. The van der Waals surface area contributed by atoms with Gasteiger partial charge in [0.15, 0.2) is 0 Å². The standard InChI is InChI=1S/C27H27F2N5O/c1-35-15-14-33-10-12-34(13-11-33)25-17-22(28)24(16-23(25)29)31-27-30-18-20-8-5-9-21(26(20)32-27)19-6-3-2-4-7-19/h2-9,16-18H,10-15H2,1H3,(H,30,31,32). The molecule has 35 heavy (non-hydrogen) atoms. The van der Waals surface area contributed by atoms with Crippen molar-refractivity contribution in [2.24, 2.45) is 0 Å². The average Bonchev–Trinajstić information content (AvgIpc) is 2.90. The lowest BCUT2D eigenvalue weighted by molar-refractivity contribution is 0.144. The first-order chi connectivity index (χ1) is 17.1. The normalized spacial score (nSPS) is 14.4. The summed E-state index contributed by atoms with van der Waals surface area (Å²) in [6.45, 7) is 4.30. The van der Waals surface area contributed by atoms with Gasteiger partial charge in [0, 0.05) is 69.1 Å². The lowest BCUT2D eigenvalue weighted by Gasteiger charge is -2.36. The molecule has 1 aliphatic heterocycles. The number of nitrogens with one attached hydrogen (secondary N) is 1. The molecule has 1 fully saturated rings. The average molecular weight is 476 g/mol. The molecule has 0 unspecified atom stereocenters. The lowest BCUT2D eigenvalue weighted by atomic mass is 10.0. The van der Waals surface area contributed by atoms with Crippen LogP contribution in [0.25, 0.3) is 22.0 Å². The van der Waals surface area contributed by atoms with Crippen molar-refractivity contribution in [1.82, 2.24) is 14.9 Å². The maximum absolute atomic E-state index is 15.0. The van der Waals surface area contributed by atoms with E-state index < -0.39 is 11.6 Å². The van der Waals surface area contributed by atoms with Crippen LogP contribution in [-0.4, -0.2) is 61.3 Å². The summed E-state index contributed by atoms with van der Waals surface area (Å²) in [6, 6.07) is 18.2. The molecule has 6 nitrogen and oxygen atoms in total. The SMILES string of the molecule is COCCN1CCN(c2cc(F)c(Nc3ncc4cccc(-c5ccccc5)c4n3)cc2F)CC1. The molecule has 1 aromatic heterocycles. The number of hydrogen-bond donors (Lipinski definition) is 1. The Morgan fingerprint density at radius 3 is 2.51 bits per heavy atom. The first-order valence-corrected chi connectivity index (χ1v) is 11.7. The zero-order valence-corrected chi connectivity index (χ0v) is 19.5. The van der Waals surface area contributed by atoms with Crippen molar-refractivity contribution in [3.63, 3.8) is 0 Å². The van der Waals surface area contributed by atoms with E-state index in [-0.39, 0.29) is 17.3 Å². The Labute approximate surface area is 203 Å². The number of aromatic nitrogens is 2. The predicted molar refractivity (Wildman–Crippen MR) is 135 cm³/mol. The van der Waals surface area contributed by atoms with Crippen LogP contribution in [0.2, 0.25) is 0 Å². The molecule has 2 heterocycles. The third kappa shape index (κ3) is 5.08. The van der Waals surface area contributed by atoms with Gasteiger partial charge >= 0.3 is 0 Å². The van der Waals surface area contributed by atoms with Gasteiger partial charge in [0.05, 0.1) is 23.5 Å². The topological polar surface area (TPSA) is 53.5 Å². The maximum atomic E-state index is 15.0. The Balaban J connectivity index is 1.37. The number of anilines is 3. The monoisotopic (exact) mass is 475 g/mol. The van der Waals surface area contributed by atoms with Crippen molar-refractivity contribution in [2.45, 2.75) is 0 Å². The van der Waals surface area contributed by atoms with E-state index >= 15 is 8.78 Å². The van der Waals surface area contributed by atoms with E-state index in [4.69, 9.17) is 4.74 Å². The summed E-state index contributed by atoms with van der Waals surface area (Å²) in [5, 5.41) is 3.73. The lowest BCUT2D eigenvalue weighted by Crippen LogP contribution is -2.47. The number of nitrogens with zero attached hydrogens (tertiary/aromatic N) is 4. The van der Waals surface area contributed by atoms with Crippen LogP contribution < -0.4 is 10.2 Å².